The quantitative estimate of drug-likeness (QED) is 0.768. The van der Waals surface area contributed by atoms with Gasteiger partial charge in [0.1, 0.15) is 0 Å². The molecule has 2 rings (SSSR count). The van der Waals surface area contributed by atoms with Crippen LogP contribution in [0.15, 0.2) is 18.2 Å². The lowest BCUT2D eigenvalue weighted by atomic mass is 10.1. The fourth-order valence-electron chi connectivity index (χ4n) is 2.20. The highest BCUT2D eigenvalue weighted by Crippen LogP contribution is 2.34. The molecule has 1 aromatic carbocycles. The van der Waals surface area contributed by atoms with Crippen molar-refractivity contribution in [2.24, 2.45) is 0 Å². The molecule has 1 aliphatic rings. The number of ether oxygens (including phenoxy) is 1. The molecule has 1 heterocycles. The van der Waals surface area contributed by atoms with Crippen LogP contribution >= 0.6 is 27.5 Å². The van der Waals surface area contributed by atoms with Crippen LogP contribution in [0.3, 0.4) is 0 Å². The molecule has 0 saturated carbocycles. The van der Waals surface area contributed by atoms with Crippen molar-refractivity contribution in [2.75, 3.05) is 18.1 Å². The SMILES string of the molecule is CC1CN(c2c(Cl)cccc2CBr)C(C)CO1. The van der Waals surface area contributed by atoms with Crippen LogP contribution in [-0.2, 0) is 10.1 Å². The van der Waals surface area contributed by atoms with E-state index in [9.17, 15) is 0 Å². The van der Waals surface area contributed by atoms with Crippen LogP contribution in [0.2, 0.25) is 5.02 Å². The van der Waals surface area contributed by atoms with Crippen molar-refractivity contribution >= 4 is 33.2 Å². The predicted molar refractivity (Wildman–Crippen MR) is 76.3 cm³/mol. The average Bonchev–Trinajstić information content (AvgIpc) is 2.32. The molecule has 1 aliphatic heterocycles. The summed E-state index contributed by atoms with van der Waals surface area (Å²) in [5.74, 6) is 0. The van der Waals surface area contributed by atoms with Gasteiger partial charge in [0.25, 0.3) is 0 Å². The number of rotatable bonds is 2. The lowest BCUT2D eigenvalue weighted by Gasteiger charge is -2.39. The van der Waals surface area contributed by atoms with Gasteiger partial charge in [0.2, 0.25) is 0 Å². The van der Waals surface area contributed by atoms with Gasteiger partial charge in [0, 0.05) is 17.9 Å². The first-order chi connectivity index (χ1) is 8.13. The van der Waals surface area contributed by atoms with Crippen molar-refractivity contribution < 1.29 is 4.74 Å². The van der Waals surface area contributed by atoms with Gasteiger partial charge in [-0.1, -0.05) is 39.7 Å². The van der Waals surface area contributed by atoms with Crippen molar-refractivity contribution in [1.82, 2.24) is 0 Å². The molecule has 0 radical (unpaired) electrons. The van der Waals surface area contributed by atoms with E-state index in [0.717, 1.165) is 29.2 Å². The normalized spacial score (nSPS) is 25.1. The Morgan fingerprint density at radius 3 is 2.94 bits per heavy atom. The highest BCUT2D eigenvalue weighted by atomic mass is 79.9. The molecule has 2 atom stereocenters. The van der Waals surface area contributed by atoms with Crippen LogP contribution in [0.4, 0.5) is 5.69 Å². The Hall–Kier alpha value is -0.250. The van der Waals surface area contributed by atoms with Crippen LogP contribution in [0.25, 0.3) is 0 Å². The fourth-order valence-corrected chi connectivity index (χ4v) is 2.96. The molecule has 1 fully saturated rings. The zero-order valence-corrected chi connectivity index (χ0v) is 12.5. The Balaban J connectivity index is 2.37. The van der Waals surface area contributed by atoms with Gasteiger partial charge in [-0.3, -0.25) is 0 Å². The fraction of sp³-hybridized carbons (Fsp3) is 0.538. The minimum atomic E-state index is 0.255. The van der Waals surface area contributed by atoms with E-state index >= 15 is 0 Å². The van der Waals surface area contributed by atoms with E-state index < -0.39 is 0 Å². The Morgan fingerprint density at radius 1 is 1.47 bits per heavy atom. The summed E-state index contributed by atoms with van der Waals surface area (Å²) in [6.07, 6.45) is 0.255. The number of benzene rings is 1. The molecule has 94 valence electrons. The molecule has 0 aliphatic carbocycles. The summed E-state index contributed by atoms with van der Waals surface area (Å²) in [6, 6.07) is 6.43. The molecule has 1 aromatic rings. The van der Waals surface area contributed by atoms with E-state index in [1.54, 1.807) is 0 Å². The van der Waals surface area contributed by atoms with E-state index in [1.165, 1.54) is 5.56 Å². The van der Waals surface area contributed by atoms with Crippen molar-refractivity contribution in [3.8, 4) is 0 Å². The van der Waals surface area contributed by atoms with Crippen LogP contribution < -0.4 is 4.90 Å². The number of nitrogens with zero attached hydrogens (tertiary/aromatic N) is 1. The largest absolute Gasteiger partial charge is 0.375 e. The molecular weight excluding hydrogens is 302 g/mol. The summed E-state index contributed by atoms with van der Waals surface area (Å²) in [5, 5.41) is 1.64. The van der Waals surface area contributed by atoms with Crippen molar-refractivity contribution in [3.63, 3.8) is 0 Å². The number of anilines is 1. The molecule has 0 aromatic heterocycles. The zero-order valence-electron chi connectivity index (χ0n) is 10.1. The number of hydrogen-bond acceptors (Lipinski definition) is 2. The van der Waals surface area contributed by atoms with E-state index in [2.05, 4.69) is 40.7 Å². The first-order valence-corrected chi connectivity index (χ1v) is 7.35. The van der Waals surface area contributed by atoms with E-state index in [0.29, 0.717) is 6.04 Å². The van der Waals surface area contributed by atoms with Gasteiger partial charge in [-0.15, -0.1) is 0 Å². The van der Waals surface area contributed by atoms with Gasteiger partial charge in [-0.2, -0.15) is 0 Å². The summed E-state index contributed by atoms with van der Waals surface area (Å²) in [4.78, 5) is 2.35. The monoisotopic (exact) mass is 317 g/mol. The van der Waals surface area contributed by atoms with Crippen LogP contribution in [0, 0.1) is 0 Å². The molecule has 0 bridgehead atoms. The minimum Gasteiger partial charge on any atom is -0.375 e. The highest BCUT2D eigenvalue weighted by Gasteiger charge is 2.26. The molecule has 4 heteroatoms. The topological polar surface area (TPSA) is 12.5 Å². The third-order valence-corrected chi connectivity index (χ3v) is 4.02. The Bertz CT molecular complexity index is 399. The summed E-state index contributed by atoms with van der Waals surface area (Å²) >= 11 is 9.88. The third kappa shape index (κ3) is 2.78. The highest BCUT2D eigenvalue weighted by molar-refractivity contribution is 9.08. The van der Waals surface area contributed by atoms with Gasteiger partial charge < -0.3 is 9.64 Å². The Labute approximate surface area is 116 Å². The van der Waals surface area contributed by atoms with E-state index in [1.807, 2.05) is 12.1 Å². The summed E-state index contributed by atoms with van der Waals surface area (Å²) < 4.78 is 5.66. The first-order valence-electron chi connectivity index (χ1n) is 5.85. The lowest BCUT2D eigenvalue weighted by molar-refractivity contribution is 0.0343. The molecule has 0 amide bonds. The molecule has 1 saturated heterocycles. The van der Waals surface area contributed by atoms with Gasteiger partial charge in [-0.05, 0) is 25.5 Å². The van der Waals surface area contributed by atoms with Crippen molar-refractivity contribution in [1.29, 1.82) is 0 Å². The molecule has 0 N–H and O–H groups in total. The van der Waals surface area contributed by atoms with Gasteiger partial charge in [0.15, 0.2) is 0 Å². The standard InChI is InChI=1S/C13H17BrClNO/c1-9-8-17-10(2)7-16(9)13-11(6-14)4-3-5-12(13)15/h3-5,9-10H,6-8H2,1-2H3. The summed E-state index contributed by atoms with van der Waals surface area (Å²) in [6.45, 7) is 5.93. The molecule has 2 unspecified atom stereocenters. The maximum absolute atomic E-state index is 6.35. The molecule has 2 nitrogen and oxygen atoms in total. The summed E-state index contributed by atoms with van der Waals surface area (Å²) in [5.41, 5.74) is 2.38. The number of alkyl halides is 1. The van der Waals surface area contributed by atoms with E-state index in [4.69, 9.17) is 16.3 Å². The first kappa shape index (κ1) is 13.2. The second-order valence-corrected chi connectivity index (χ2v) is 5.49. The third-order valence-electron chi connectivity index (χ3n) is 3.11. The van der Waals surface area contributed by atoms with E-state index in [-0.39, 0.29) is 6.10 Å². The Morgan fingerprint density at radius 2 is 2.24 bits per heavy atom. The van der Waals surface area contributed by atoms with Crippen LogP contribution in [-0.4, -0.2) is 25.3 Å². The summed E-state index contributed by atoms with van der Waals surface area (Å²) in [7, 11) is 0. The second-order valence-electron chi connectivity index (χ2n) is 4.53. The number of hydrogen-bond donors (Lipinski definition) is 0. The number of morpholine rings is 1. The Kier molecular flexibility index (Phi) is 4.34. The van der Waals surface area contributed by atoms with Gasteiger partial charge in [0.05, 0.1) is 23.4 Å². The maximum Gasteiger partial charge on any atom is 0.0723 e. The van der Waals surface area contributed by atoms with Crippen molar-refractivity contribution in [3.05, 3.63) is 28.8 Å². The van der Waals surface area contributed by atoms with Crippen LogP contribution in [0.5, 0.6) is 0 Å². The second kappa shape index (κ2) is 5.59. The number of para-hydroxylation sites is 1. The van der Waals surface area contributed by atoms with Crippen LogP contribution in [0.1, 0.15) is 19.4 Å². The zero-order chi connectivity index (χ0) is 12.4. The lowest BCUT2D eigenvalue weighted by Crippen LogP contribution is -2.47. The maximum atomic E-state index is 6.35. The molecular formula is C13H17BrClNO. The molecule has 17 heavy (non-hydrogen) atoms. The molecule has 0 spiro atoms. The van der Waals surface area contributed by atoms with Gasteiger partial charge in [-0.25, -0.2) is 0 Å². The number of halogens is 2. The smallest absolute Gasteiger partial charge is 0.0723 e. The minimum absolute atomic E-state index is 0.255. The van der Waals surface area contributed by atoms with Gasteiger partial charge >= 0.3 is 0 Å². The predicted octanol–water partition coefficient (Wildman–Crippen LogP) is 3.85. The van der Waals surface area contributed by atoms with Crippen molar-refractivity contribution in [2.45, 2.75) is 31.3 Å². The average molecular weight is 319 g/mol.